The second-order valence-corrected chi connectivity index (χ2v) is 4.51. The van der Waals surface area contributed by atoms with Crippen molar-refractivity contribution in [2.75, 3.05) is 0 Å². The Bertz CT molecular complexity index is 473. The number of carboxylic acids is 1. The molecule has 0 amide bonds. The van der Waals surface area contributed by atoms with Gasteiger partial charge in [0, 0.05) is 20.8 Å². The van der Waals surface area contributed by atoms with E-state index in [0.29, 0.717) is 0 Å². The molecule has 10 nitrogen and oxygen atoms in total. The quantitative estimate of drug-likeness (QED) is 0.467. The maximum atomic E-state index is 11.2. The van der Waals surface area contributed by atoms with E-state index in [-0.39, 0.29) is 0 Å². The molecule has 1 fully saturated rings. The third kappa shape index (κ3) is 4.40. The fourth-order valence-electron chi connectivity index (χ4n) is 1.99. The molecule has 2 N–H and O–H groups in total. The highest BCUT2D eigenvalue weighted by molar-refractivity contribution is 5.75. The zero-order valence-corrected chi connectivity index (χ0v) is 12.0. The van der Waals surface area contributed by atoms with E-state index in [1.165, 1.54) is 0 Å². The molecule has 22 heavy (non-hydrogen) atoms. The number of aliphatic carboxylic acids is 1. The molecule has 0 bridgehead atoms. The van der Waals surface area contributed by atoms with Crippen molar-refractivity contribution in [3.8, 4) is 0 Å². The first kappa shape index (κ1) is 17.9. The molecule has 0 radical (unpaired) electrons. The number of rotatable bonds is 4. The molecule has 1 saturated heterocycles. The van der Waals surface area contributed by atoms with Crippen LogP contribution < -0.4 is 0 Å². The van der Waals surface area contributed by atoms with Gasteiger partial charge in [-0.1, -0.05) is 0 Å². The number of hydrogen-bond acceptors (Lipinski definition) is 9. The van der Waals surface area contributed by atoms with Gasteiger partial charge in [-0.05, 0) is 0 Å². The summed E-state index contributed by atoms with van der Waals surface area (Å²) in [5.74, 6) is -4.10. The monoisotopic (exact) mass is 320 g/mol. The van der Waals surface area contributed by atoms with Gasteiger partial charge in [0.25, 0.3) is 0 Å². The molecule has 0 aromatic heterocycles. The van der Waals surface area contributed by atoms with Gasteiger partial charge in [0.2, 0.25) is 0 Å². The number of carbonyl (C=O) groups is 4. The zero-order chi connectivity index (χ0) is 17.0. The van der Waals surface area contributed by atoms with Crippen LogP contribution in [0.15, 0.2) is 0 Å². The van der Waals surface area contributed by atoms with Crippen molar-refractivity contribution in [1.82, 2.24) is 0 Å². The molecule has 1 rings (SSSR count). The van der Waals surface area contributed by atoms with Gasteiger partial charge in [0.15, 0.2) is 30.7 Å². The van der Waals surface area contributed by atoms with Crippen molar-refractivity contribution >= 4 is 23.9 Å². The minimum absolute atomic E-state index is 0.833. The molecular formula is C12H16O10. The van der Waals surface area contributed by atoms with E-state index in [4.69, 9.17) is 24.1 Å². The average molecular weight is 320 g/mol. The van der Waals surface area contributed by atoms with Gasteiger partial charge in [0.1, 0.15) is 0 Å². The number of esters is 3. The van der Waals surface area contributed by atoms with E-state index >= 15 is 0 Å². The molecule has 0 spiro atoms. The molecule has 0 aromatic rings. The standard InChI is InChI=1S/C12H16O10/c1-4(13)19-7-8(20-5(2)14)10(21-6(3)15)12(18)22-9(7)11(16)17/h7-10,12,18H,1-3H3,(H,16,17)/t7-,8+,9+,10-,12+/m1/s1. The highest BCUT2D eigenvalue weighted by Crippen LogP contribution is 2.27. The molecule has 0 saturated carbocycles. The first-order valence-corrected chi connectivity index (χ1v) is 6.21. The van der Waals surface area contributed by atoms with Crippen molar-refractivity contribution in [3.63, 3.8) is 0 Å². The first-order valence-electron chi connectivity index (χ1n) is 6.21. The molecule has 124 valence electrons. The van der Waals surface area contributed by atoms with Crippen molar-refractivity contribution in [3.05, 3.63) is 0 Å². The summed E-state index contributed by atoms with van der Waals surface area (Å²) in [6.07, 6.45) is -8.33. The predicted octanol–water partition coefficient (Wildman–Crippen LogP) is -1.42. The Morgan fingerprint density at radius 1 is 0.818 bits per heavy atom. The number of aliphatic hydroxyl groups excluding tert-OH is 1. The number of carboxylic acid groups (broad SMARTS) is 1. The maximum absolute atomic E-state index is 11.2. The lowest BCUT2D eigenvalue weighted by atomic mass is 9.98. The van der Waals surface area contributed by atoms with Crippen molar-refractivity contribution in [2.24, 2.45) is 0 Å². The summed E-state index contributed by atoms with van der Waals surface area (Å²) in [5, 5.41) is 18.9. The smallest absolute Gasteiger partial charge is 0.337 e. The Morgan fingerprint density at radius 2 is 1.23 bits per heavy atom. The van der Waals surface area contributed by atoms with E-state index in [1.54, 1.807) is 0 Å². The molecular weight excluding hydrogens is 304 g/mol. The molecule has 1 aliphatic heterocycles. The second-order valence-electron chi connectivity index (χ2n) is 4.51. The van der Waals surface area contributed by atoms with Crippen molar-refractivity contribution in [1.29, 1.82) is 0 Å². The van der Waals surface area contributed by atoms with E-state index in [9.17, 15) is 24.3 Å². The van der Waals surface area contributed by atoms with Gasteiger partial charge in [-0.15, -0.1) is 0 Å². The highest BCUT2D eigenvalue weighted by Gasteiger charge is 2.53. The van der Waals surface area contributed by atoms with E-state index < -0.39 is 54.6 Å². The Hall–Kier alpha value is -2.20. The molecule has 0 aliphatic carbocycles. The third-order valence-electron chi connectivity index (χ3n) is 2.66. The summed E-state index contributed by atoms with van der Waals surface area (Å²) < 4.78 is 19.3. The van der Waals surface area contributed by atoms with E-state index in [0.717, 1.165) is 20.8 Å². The van der Waals surface area contributed by atoms with Crippen LogP contribution in [-0.4, -0.2) is 64.8 Å². The molecule has 0 aromatic carbocycles. The topological polar surface area (TPSA) is 146 Å². The van der Waals surface area contributed by atoms with Gasteiger partial charge in [0.05, 0.1) is 0 Å². The maximum Gasteiger partial charge on any atom is 0.337 e. The number of hydrogen-bond donors (Lipinski definition) is 2. The number of ether oxygens (including phenoxy) is 4. The van der Waals surface area contributed by atoms with Crippen LogP contribution in [0.4, 0.5) is 0 Å². The molecule has 5 atom stereocenters. The zero-order valence-electron chi connectivity index (χ0n) is 12.0. The van der Waals surface area contributed by atoms with Crippen LogP contribution in [0.25, 0.3) is 0 Å². The highest BCUT2D eigenvalue weighted by atomic mass is 16.7. The number of carbonyl (C=O) groups excluding carboxylic acids is 3. The normalized spacial score (nSPS) is 31.0. The van der Waals surface area contributed by atoms with Gasteiger partial charge in [-0.2, -0.15) is 0 Å². The molecule has 0 unspecified atom stereocenters. The third-order valence-corrected chi connectivity index (χ3v) is 2.66. The van der Waals surface area contributed by atoms with Crippen LogP contribution >= 0.6 is 0 Å². The minimum Gasteiger partial charge on any atom is -0.479 e. The summed E-state index contributed by atoms with van der Waals surface area (Å²) in [5.41, 5.74) is 0. The summed E-state index contributed by atoms with van der Waals surface area (Å²) in [6.45, 7) is 3.06. The van der Waals surface area contributed by atoms with Crippen molar-refractivity contribution < 1.29 is 48.3 Å². The fraction of sp³-hybridized carbons (Fsp3) is 0.667. The fourth-order valence-corrected chi connectivity index (χ4v) is 1.99. The van der Waals surface area contributed by atoms with E-state index in [2.05, 4.69) is 0 Å². The van der Waals surface area contributed by atoms with Gasteiger partial charge < -0.3 is 29.2 Å². The Morgan fingerprint density at radius 3 is 1.64 bits per heavy atom. The SMILES string of the molecule is CC(=O)O[C@H]1[C@@H](OC(C)=O)[C@@H](C(=O)O)O[C@H](O)[C@@H]1OC(C)=O. The Kier molecular flexibility index (Phi) is 5.83. The van der Waals surface area contributed by atoms with Crippen LogP contribution in [0, 0.1) is 0 Å². The second kappa shape index (κ2) is 7.18. The van der Waals surface area contributed by atoms with Crippen LogP contribution in [0.2, 0.25) is 0 Å². The summed E-state index contributed by atoms with van der Waals surface area (Å²) in [4.78, 5) is 44.6. The largest absolute Gasteiger partial charge is 0.479 e. The van der Waals surface area contributed by atoms with Gasteiger partial charge >= 0.3 is 23.9 Å². The Labute approximate surface area is 124 Å². The van der Waals surface area contributed by atoms with E-state index in [1.807, 2.05) is 0 Å². The molecule has 10 heteroatoms. The lowest BCUT2D eigenvalue weighted by molar-refractivity contribution is -0.289. The number of aliphatic hydroxyl groups is 1. The average Bonchev–Trinajstić information content (AvgIpc) is 2.34. The minimum atomic E-state index is -1.87. The first-order chi connectivity index (χ1) is 10.1. The summed E-state index contributed by atoms with van der Waals surface area (Å²) >= 11 is 0. The molecule has 1 aliphatic rings. The van der Waals surface area contributed by atoms with Gasteiger partial charge in [-0.25, -0.2) is 4.79 Å². The van der Waals surface area contributed by atoms with Crippen LogP contribution in [-0.2, 0) is 38.1 Å². The van der Waals surface area contributed by atoms with Crippen LogP contribution in [0.1, 0.15) is 20.8 Å². The molecule has 1 heterocycles. The Balaban J connectivity index is 3.18. The van der Waals surface area contributed by atoms with Crippen LogP contribution in [0.3, 0.4) is 0 Å². The lowest BCUT2D eigenvalue weighted by Gasteiger charge is -2.41. The summed E-state index contributed by atoms with van der Waals surface area (Å²) in [7, 11) is 0. The van der Waals surface area contributed by atoms with Crippen molar-refractivity contribution in [2.45, 2.75) is 51.5 Å². The lowest BCUT2D eigenvalue weighted by Crippen LogP contribution is -2.63. The summed E-state index contributed by atoms with van der Waals surface area (Å²) in [6, 6.07) is 0. The predicted molar refractivity (Wildman–Crippen MR) is 65.2 cm³/mol. The van der Waals surface area contributed by atoms with Crippen LogP contribution in [0.5, 0.6) is 0 Å². The van der Waals surface area contributed by atoms with Gasteiger partial charge in [-0.3, -0.25) is 14.4 Å².